The summed E-state index contributed by atoms with van der Waals surface area (Å²) in [4.78, 5) is 1.32. The summed E-state index contributed by atoms with van der Waals surface area (Å²) in [6.45, 7) is 0.988. The molecule has 1 unspecified atom stereocenters. The summed E-state index contributed by atoms with van der Waals surface area (Å²) in [5, 5.41) is 0. The van der Waals surface area contributed by atoms with Crippen LogP contribution in [0.3, 0.4) is 0 Å². The maximum Gasteiger partial charge on any atom is 0.399 e. The second-order valence-electron chi connectivity index (χ2n) is 5.10. The SMILES string of the molecule is NC(=S)C(CN1CCCc2ccccc2C1)C(F)(F)F. The monoisotopic (exact) mass is 302 g/mol. The molecule has 0 amide bonds. The smallest absolute Gasteiger partial charge is 0.393 e. The number of nitrogens with zero attached hydrogens (tertiary/aromatic N) is 1. The van der Waals surface area contributed by atoms with E-state index < -0.39 is 17.1 Å². The fraction of sp³-hybridized carbons (Fsp3) is 0.500. The Hall–Kier alpha value is -1.14. The zero-order valence-electron chi connectivity index (χ0n) is 11.0. The third kappa shape index (κ3) is 3.70. The lowest BCUT2D eigenvalue weighted by Gasteiger charge is -2.27. The van der Waals surface area contributed by atoms with E-state index in [1.165, 1.54) is 5.56 Å². The molecule has 1 aliphatic heterocycles. The third-order valence-electron chi connectivity index (χ3n) is 3.61. The van der Waals surface area contributed by atoms with E-state index in [4.69, 9.17) is 5.73 Å². The molecule has 0 radical (unpaired) electrons. The minimum Gasteiger partial charge on any atom is -0.393 e. The zero-order valence-corrected chi connectivity index (χ0v) is 11.8. The van der Waals surface area contributed by atoms with E-state index >= 15 is 0 Å². The molecule has 110 valence electrons. The molecule has 2 nitrogen and oxygen atoms in total. The number of hydrogen-bond acceptors (Lipinski definition) is 2. The van der Waals surface area contributed by atoms with Crippen molar-refractivity contribution in [2.75, 3.05) is 13.1 Å². The van der Waals surface area contributed by atoms with Gasteiger partial charge in [0.15, 0.2) is 0 Å². The van der Waals surface area contributed by atoms with Gasteiger partial charge in [0.1, 0.15) is 5.92 Å². The first-order chi connectivity index (χ1) is 9.38. The number of alkyl halides is 3. The van der Waals surface area contributed by atoms with Gasteiger partial charge in [-0.2, -0.15) is 13.2 Å². The Morgan fingerprint density at radius 1 is 1.30 bits per heavy atom. The van der Waals surface area contributed by atoms with Crippen LogP contribution >= 0.6 is 12.2 Å². The van der Waals surface area contributed by atoms with E-state index in [-0.39, 0.29) is 6.54 Å². The predicted octanol–water partition coefficient (Wildman–Crippen LogP) is 2.90. The van der Waals surface area contributed by atoms with Crippen LogP contribution in [0.2, 0.25) is 0 Å². The highest BCUT2D eigenvalue weighted by Gasteiger charge is 2.42. The quantitative estimate of drug-likeness (QED) is 0.871. The Bertz CT molecular complexity index is 488. The Morgan fingerprint density at radius 3 is 2.55 bits per heavy atom. The summed E-state index contributed by atoms with van der Waals surface area (Å²) in [6, 6.07) is 7.88. The highest BCUT2D eigenvalue weighted by Crippen LogP contribution is 2.29. The van der Waals surface area contributed by atoms with Gasteiger partial charge in [0.2, 0.25) is 0 Å². The van der Waals surface area contributed by atoms with Crippen molar-refractivity contribution in [2.45, 2.75) is 25.6 Å². The number of halogens is 3. The molecule has 1 aliphatic rings. The molecule has 1 heterocycles. The average molecular weight is 302 g/mol. The van der Waals surface area contributed by atoms with Gasteiger partial charge in [0.05, 0.1) is 4.99 Å². The minimum atomic E-state index is -4.38. The fourth-order valence-corrected chi connectivity index (χ4v) is 2.75. The minimum absolute atomic E-state index is 0.160. The van der Waals surface area contributed by atoms with Crippen molar-refractivity contribution in [3.05, 3.63) is 35.4 Å². The Balaban J connectivity index is 2.12. The number of hydrogen-bond donors (Lipinski definition) is 1. The van der Waals surface area contributed by atoms with Gasteiger partial charge in [0, 0.05) is 13.1 Å². The second kappa shape index (κ2) is 6.10. The lowest BCUT2D eigenvalue weighted by Crippen LogP contribution is -2.43. The molecule has 0 fully saturated rings. The van der Waals surface area contributed by atoms with Crippen LogP contribution in [0.15, 0.2) is 24.3 Å². The van der Waals surface area contributed by atoms with Gasteiger partial charge in [-0.05, 0) is 30.5 Å². The fourth-order valence-electron chi connectivity index (χ4n) is 2.54. The Morgan fingerprint density at radius 2 is 1.95 bits per heavy atom. The van der Waals surface area contributed by atoms with Crippen LogP contribution in [0.1, 0.15) is 17.5 Å². The summed E-state index contributed by atoms with van der Waals surface area (Å²) in [5.41, 5.74) is 7.57. The van der Waals surface area contributed by atoms with Crippen molar-refractivity contribution < 1.29 is 13.2 Å². The number of fused-ring (bicyclic) bond motifs is 1. The molecule has 1 aromatic carbocycles. The molecule has 0 bridgehead atoms. The number of nitrogens with two attached hydrogens (primary N) is 1. The molecule has 0 saturated carbocycles. The van der Waals surface area contributed by atoms with Crippen LogP contribution in [0.5, 0.6) is 0 Å². The molecule has 0 aliphatic carbocycles. The van der Waals surface area contributed by atoms with E-state index in [0.29, 0.717) is 13.1 Å². The van der Waals surface area contributed by atoms with Crippen LogP contribution < -0.4 is 5.73 Å². The van der Waals surface area contributed by atoms with Crippen LogP contribution in [-0.4, -0.2) is 29.2 Å². The predicted molar refractivity (Wildman–Crippen MR) is 76.4 cm³/mol. The summed E-state index contributed by atoms with van der Waals surface area (Å²) in [6.07, 6.45) is -2.63. The van der Waals surface area contributed by atoms with Gasteiger partial charge in [-0.1, -0.05) is 36.5 Å². The summed E-state index contributed by atoms with van der Waals surface area (Å²) < 4.78 is 38.8. The van der Waals surface area contributed by atoms with Gasteiger partial charge in [-0.15, -0.1) is 0 Å². The molecule has 2 N–H and O–H groups in total. The number of rotatable bonds is 3. The van der Waals surface area contributed by atoms with Crippen molar-refractivity contribution in [3.8, 4) is 0 Å². The first-order valence-electron chi connectivity index (χ1n) is 6.53. The summed E-state index contributed by atoms with van der Waals surface area (Å²) in [5.74, 6) is -1.73. The molecule has 0 spiro atoms. The molecule has 1 aromatic rings. The maximum atomic E-state index is 12.9. The number of aryl methyl sites for hydroxylation is 1. The zero-order chi connectivity index (χ0) is 14.8. The van der Waals surface area contributed by atoms with E-state index in [2.05, 4.69) is 12.2 Å². The van der Waals surface area contributed by atoms with E-state index in [9.17, 15) is 13.2 Å². The van der Waals surface area contributed by atoms with Gasteiger partial charge < -0.3 is 5.73 Å². The lowest BCUT2D eigenvalue weighted by atomic mass is 10.0. The molecular formula is C14H17F3N2S. The average Bonchev–Trinajstić information content (AvgIpc) is 2.55. The van der Waals surface area contributed by atoms with Crippen molar-refractivity contribution in [1.82, 2.24) is 4.90 Å². The Kier molecular flexibility index (Phi) is 4.65. The van der Waals surface area contributed by atoms with Crippen LogP contribution in [-0.2, 0) is 13.0 Å². The van der Waals surface area contributed by atoms with Crippen molar-refractivity contribution in [3.63, 3.8) is 0 Å². The number of thiocarbonyl (C=S) groups is 1. The van der Waals surface area contributed by atoms with Gasteiger partial charge >= 0.3 is 6.18 Å². The molecule has 2 rings (SSSR count). The standard InChI is InChI=1S/C14H17F3N2S/c15-14(16,17)12(13(18)20)9-19-7-3-6-10-4-1-2-5-11(10)8-19/h1-2,4-5,12H,3,6-9H2,(H2,18,20). The van der Waals surface area contributed by atoms with Crippen molar-refractivity contribution in [2.24, 2.45) is 11.7 Å². The molecule has 6 heteroatoms. The van der Waals surface area contributed by atoms with Crippen molar-refractivity contribution >= 4 is 17.2 Å². The van der Waals surface area contributed by atoms with Crippen molar-refractivity contribution in [1.29, 1.82) is 0 Å². The van der Waals surface area contributed by atoms with Crippen LogP contribution in [0.25, 0.3) is 0 Å². The summed E-state index contributed by atoms with van der Waals surface area (Å²) in [7, 11) is 0. The lowest BCUT2D eigenvalue weighted by molar-refractivity contribution is -0.159. The molecule has 0 aromatic heterocycles. The topological polar surface area (TPSA) is 29.3 Å². The first-order valence-corrected chi connectivity index (χ1v) is 6.94. The van der Waals surface area contributed by atoms with Crippen LogP contribution in [0.4, 0.5) is 13.2 Å². The second-order valence-corrected chi connectivity index (χ2v) is 5.58. The van der Waals surface area contributed by atoms with E-state index in [1.54, 1.807) is 4.90 Å². The summed E-state index contributed by atoms with van der Waals surface area (Å²) >= 11 is 4.58. The van der Waals surface area contributed by atoms with E-state index in [1.807, 2.05) is 24.3 Å². The number of benzene rings is 1. The van der Waals surface area contributed by atoms with Gasteiger partial charge in [0.25, 0.3) is 0 Å². The molecular weight excluding hydrogens is 285 g/mol. The highest BCUT2D eigenvalue weighted by molar-refractivity contribution is 7.80. The highest BCUT2D eigenvalue weighted by atomic mass is 32.1. The van der Waals surface area contributed by atoms with Gasteiger partial charge in [-0.3, -0.25) is 4.90 Å². The molecule has 0 saturated heterocycles. The largest absolute Gasteiger partial charge is 0.399 e. The molecule has 20 heavy (non-hydrogen) atoms. The maximum absolute atomic E-state index is 12.9. The van der Waals surface area contributed by atoms with E-state index in [0.717, 1.165) is 18.4 Å². The third-order valence-corrected chi connectivity index (χ3v) is 3.90. The van der Waals surface area contributed by atoms with Gasteiger partial charge in [-0.25, -0.2) is 0 Å². The normalized spacial score (nSPS) is 18.1. The molecule has 1 atom stereocenters. The van der Waals surface area contributed by atoms with Crippen LogP contribution in [0, 0.1) is 5.92 Å². The Labute approximate surface area is 121 Å². The first kappa shape index (κ1) is 15.3.